The predicted octanol–water partition coefficient (Wildman–Crippen LogP) is 6.25. The molecule has 322 valence electrons. The van der Waals surface area contributed by atoms with Gasteiger partial charge in [0.2, 0.25) is 11.8 Å². The van der Waals surface area contributed by atoms with Crippen molar-refractivity contribution in [2.24, 2.45) is 5.92 Å². The largest absolute Gasteiger partial charge is 0.494 e. The zero-order valence-corrected chi connectivity index (χ0v) is 37.1. The summed E-state index contributed by atoms with van der Waals surface area (Å²) >= 11 is 0. The monoisotopic (exact) mass is 830 g/mol. The van der Waals surface area contributed by atoms with E-state index in [-0.39, 0.29) is 43.4 Å². The van der Waals surface area contributed by atoms with Crippen molar-refractivity contribution >= 4 is 43.1 Å². The molecule has 0 radical (unpaired) electrons. The fourth-order valence-electron chi connectivity index (χ4n) is 9.89. The zero-order valence-electron chi connectivity index (χ0n) is 36.1. The molecule has 2 aromatic carbocycles. The second-order valence-electron chi connectivity index (χ2n) is 17.7. The highest BCUT2D eigenvalue weighted by atomic mass is 28.4. The third-order valence-electron chi connectivity index (χ3n) is 12.7. The molecular formula is C46H66N4O8Si. The van der Waals surface area contributed by atoms with Gasteiger partial charge >= 0.3 is 0 Å². The number of carbonyl (C=O) groups excluding carboxylic acids is 3. The van der Waals surface area contributed by atoms with Gasteiger partial charge in [-0.15, -0.1) is 0 Å². The molecule has 1 spiro atoms. The number of aliphatic hydroxyl groups is 2. The van der Waals surface area contributed by atoms with Gasteiger partial charge in [0.15, 0.2) is 13.9 Å². The standard InChI is InChI=1S/C46H66N4O8Si/c1-8-57-36-17-19-39-33(25-36)26-38(47-21-9-10-24-51)44(54)50(39)34-16-18-40-37(27-34)46(45(55)49(40)23-20-31(4)14-11-13-30(2)3)32(5)43(59(6,7)56)41(58-46)28-42(53)48-22-12-15-35(48)29-52/h13,16-20,25,27,32,35,38,41,43,47,51-52,56H,8-12,14-15,21-24,26,28-29H2,1-7H3/b31-20+/t32-,35-,38?,41+,43-,46+/m0/s1. The lowest BCUT2D eigenvalue weighted by atomic mass is 9.82. The minimum atomic E-state index is -3.09. The van der Waals surface area contributed by atoms with E-state index in [1.54, 1.807) is 14.7 Å². The third kappa shape index (κ3) is 9.11. The molecule has 0 aromatic heterocycles. The summed E-state index contributed by atoms with van der Waals surface area (Å²) in [4.78, 5) is 61.0. The Balaban J connectivity index is 1.45. The van der Waals surface area contributed by atoms with E-state index in [4.69, 9.17) is 9.47 Å². The van der Waals surface area contributed by atoms with E-state index in [2.05, 4.69) is 38.2 Å². The van der Waals surface area contributed by atoms with Crippen LogP contribution in [0.2, 0.25) is 18.6 Å². The van der Waals surface area contributed by atoms with Crippen LogP contribution in [0.15, 0.2) is 59.7 Å². The van der Waals surface area contributed by atoms with Crippen LogP contribution in [0.1, 0.15) is 90.7 Å². The summed E-state index contributed by atoms with van der Waals surface area (Å²) in [5.41, 5.74) is 3.97. The first-order valence-electron chi connectivity index (χ1n) is 21.7. The molecule has 13 heteroatoms. The smallest absolute Gasteiger partial charge is 0.264 e. The second kappa shape index (κ2) is 18.8. The van der Waals surface area contributed by atoms with Crippen LogP contribution in [0.5, 0.6) is 5.75 Å². The van der Waals surface area contributed by atoms with Crippen LogP contribution in [0.25, 0.3) is 0 Å². The summed E-state index contributed by atoms with van der Waals surface area (Å²) in [5, 5.41) is 22.9. The minimum Gasteiger partial charge on any atom is -0.494 e. The Bertz CT molecular complexity index is 1920. The van der Waals surface area contributed by atoms with E-state index in [0.29, 0.717) is 61.8 Å². The van der Waals surface area contributed by atoms with Gasteiger partial charge in [-0.25, -0.2) is 0 Å². The van der Waals surface area contributed by atoms with Gasteiger partial charge in [-0.3, -0.25) is 19.3 Å². The first kappa shape index (κ1) is 44.7. The maximum Gasteiger partial charge on any atom is 0.264 e. The Labute approximate surface area is 351 Å². The molecule has 1 unspecified atom stereocenters. The van der Waals surface area contributed by atoms with Crippen LogP contribution in [-0.4, -0.2) is 104 Å². The first-order valence-corrected chi connectivity index (χ1v) is 24.7. The van der Waals surface area contributed by atoms with Crippen LogP contribution in [0, 0.1) is 5.92 Å². The molecule has 2 saturated heterocycles. The van der Waals surface area contributed by atoms with Gasteiger partial charge < -0.3 is 39.6 Å². The quantitative estimate of drug-likeness (QED) is 0.0825. The van der Waals surface area contributed by atoms with Crippen molar-refractivity contribution in [2.45, 2.75) is 128 Å². The number of anilines is 3. The lowest BCUT2D eigenvalue weighted by Crippen LogP contribution is -2.49. The Hall–Kier alpha value is -3.85. The van der Waals surface area contributed by atoms with Crippen molar-refractivity contribution in [2.75, 3.05) is 49.3 Å². The van der Waals surface area contributed by atoms with Crippen molar-refractivity contribution in [1.29, 1.82) is 0 Å². The summed E-state index contributed by atoms with van der Waals surface area (Å²) in [6.45, 7) is 15.7. The molecule has 12 nitrogen and oxygen atoms in total. The van der Waals surface area contributed by atoms with E-state index in [0.717, 1.165) is 48.9 Å². The lowest BCUT2D eigenvalue weighted by molar-refractivity contribution is -0.149. The molecule has 0 bridgehead atoms. The molecule has 59 heavy (non-hydrogen) atoms. The number of likely N-dealkylation sites (tertiary alicyclic amines) is 1. The van der Waals surface area contributed by atoms with Crippen LogP contribution >= 0.6 is 0 Å². The summed E-state index contributed by atoms with van der Waals surface area (Å²) in [6, 6.07) is 10.7. The summed E-state index contributed by atoms with van der Waals surface area (Å²) in [7, 11) is -3.09. The topological polar surface area (TPSA) is 152 Å². The molecule has 2 fully saturated rings. The molecule has 0 saturated carbocycles. The van der Waals surface area contributed by atoms with Gasteiger partial charge in [-0.2, -0.15) is 0 Å². The van der Waals surface area contributed by atoms with Gasteiger partial charge in [0.25, 0.3) is 5.91 Å². The number of rotatable bonds is 17. The molecule has 3 amide bonds. The second-order valence-corrected chi connectivity index (χ2v) is 21.6. The van der Waals surface area contributed by atoms with E-state index in [1.807, 2.05) is 63.3 Å². The number of hydrogen-bond acceptors (Lipinski definition) is 9. The number of benzene rings is 2. The molecular weight excluding hydrogens is 765 g/mol. The molecule has 4 aliphatic heterocycles. The van der Waals surface area contributed by atoms with Crippen molar-refractivity contribution in [3.8, 4) is 5.75 Å². The average Bonchev–Trinajstić information content (AvgIpc) is 3.85. The van der Waals surface area contributed by atoms with Crippen LogP contribution < -0.4 is 19.9 Å². The molecule has 0 aliphatic carbocycles. The number of hydrogen-bond donors (Lipinski definition) is 4. The average molecular weight is 831 g/mol. The zero-order chi connectivity index (χ0) is 42.6. The molecule has 2 aromatic rings. The Morgan fingerprint density at radius 3 is 2.53 bits per heavy atom. The third-order valence-corrected chi connectivity index (χ3v) is 15.2. The van der Waals surface area contributed by atoms with E-state index >= 15 is 4.79 Å². The fourth-order valence-corrected chi connectivity index (χ4v) is 12.4. The maximum atomic E-state index is 15.3. The number of amides is 3. The number of aliphatic hydroxyl groups excluding tert-OH is 2. The van der Waals surface area contributed by atoms with Crippen LogP contribution in [0.4, 0.5) is 17.1 Å². The van der Waals surface area contributed by atoms with E-state index < -0.39 is 37.5 Å². The molecule has 6 rings (SSSR count). The highest BCUT2D eigenvalue weighted by Crippen LogP contribution is 2.60. The molecule has 6 atom stereocenters. The van der Waals surface area contributed by atoms with Gasteiger partial charge in [-0.1, -0.05) is 30.2 Å². The van der Waals surface area contributed by atoms with Gasteiger partial charge in [0.1, 0.15) is 5.75 Å². The highest BCUT2D eigenvalue weighted by molar-refractivity contribution is 6.71. The number of unbranched alkanes of at least 4 members (excludes halogenated alkanes) is 1. The molecule has 4 aliphatic rings. The number of nitrogens with one attached hydrogen (secondary N) is 1. The predicted molar refractivity (Wildman–Crippen MR) is 233 cm³/mol. The number of allylic oxidation sites excluding steroid dienone is 3. The van der Waals surface area contributed by atoms with Crippen molar-refractivity contribution in [1.82, 2.24) is 10.2 Å². The highest BCUT2D eigenvalue weighted by Gasteiger charge is 2.66. The number of carbonyl (C=O) groups is 3. The number of ether oxygens (including phenoxy) is 2. The van der Waals surface area contributed by atoms with Crippen molar-refractivity contribution in [3.05, 3.63) is 70.8 Å². The van der Waals surface area contributed by atoms with Crippen LogP contribution in [0.3, 0.4) is 0 Å². The van der Waals surface area contributed by atoms with Gasteiger partial charge in [-0.05, 0) is 134 Å². The van der Waals surface area contributed by atoms with E-state index in [9.17, 15) is 24.6 Å². The summed E-state index contributed by atoms with van der Waals surface area (Å²) < 4.78 is 13.0. The summed E-state index contributed by atoms with van der Waals surface area (Å²) in [5.74, 6) is -0.316. The normalized spacial score (nSPS) is 25.6. The maximum absolute atomic E-state index is 15.3. The number of fused-ring (bicyclic) bond motifs is 3. The Morgan fingerprint density at radius 2 is 1.83 bits per heavy atom. The summed E-state index contributed by atoms with van der Waals surface area (Å²) in [6.07, 6.45) is 8.65. The van der Waals surface area contributed by atoms with Gasteiger partial charge in [0, 0.05) is 42.4 Å². The van der Waals surface area contributed by atoms with Crippen LogP contribution in [-0.2, 0) is 31.1 Å². The molecule has 4 heterocycles. The van der Waals surface area contributed by atoms with Crippen molar-refractivity contribution in [3.63, 3.8) is 0 Å². The van der Waals surface area contributed by atoms with E-state index in [1.165, 1.54) is 5.57 Å². The van der Waals surface area contributed by atoms with Crippen molar-refractivity contribution < 1.29 is 38.9 Å². The first-order chi connectivity index (χ1) is 28.2. The molecule has 4 N–H and O–H groups in total. The Kier molecular flexibility index (Phi) is 14.3. The number of nitrogens with zero attached hydrogens (tertiary/aromatic N) is 3. The lowest BCUT2D eigenvalue weighted by Gasteiger charge is -2.36. The fraction of sp³-hybridized carbons (Fsp3) is 0.587. The SMILES string of the molecule is CCOc1ccc2c(c1)CC(NCCCCO)C(=O)N2c1ccc2c(c1)[C@@]1(O[C@H](CC(=O)N3CCC[C@H]3CO)[C@@H]([Si](C)(C)O)[C@@H]1C)C(=O)N2C/C=C(\C)CCC=C(C)C. The Morgan fingerprint density at radius 1 is 1.07 bits per heavy atom. The minimum absolute atomic E-state index is 0.0142. The van der Waals surface area contributed by atoms with Gasteiger partial charge in [0.05, 0.1) is 49.2 Å².